The van der Waals surface area contributed by atoms with Crippen molar-refractivity contribution in [1.82, 2.24) is 14.4 Å². The molecule has 0 atom stereocenters. The predicted molar refractivity (Wildman–Crippen MR) is 60.2 cm³/mol. The Labute approximate surface area is 91.3 Å². The Morgan fingerprint density at radius 1 is 1.27 bits per heavy atom. The van der Waals surface area contributed by atoms with E-state index < -0.39 is 0 Å². The van der Waals surface area contributed by atoms with Crippen molar-refractivity contribution in [1.29, 1.82) is 0 Å². The lowest BCUT2D eigenvalue weighted by atomic mass is 10.2. The molecule has 0 bridgehead atoms. The summed E-state index contributed by atoms with van der Waals surface area (Å²) in [6.45, 7) is 2.05. The Morgan fingerprint density at radius 3 is 3.00 bits per heavy atom. The summed E-state index contributed by atoms with van der Waals surface area (Å²) in [5, 5.41) is 0.490. The lowest BCUT2D eigenvalue weighted by Crippen LogP contribution is -1.91. The molecular formula is C11H8ClN3. The molecule has 0 aliphatic heterocycles. The minimum atomic E-state index is 0.490. The van der Waals surface area contributed by atoms with E-state index in [2.05, 4.69) is 23.0 Å². The van der Waals surface area contributed by atoms with Gasteiger partial charge < -0.3 is 0 Å². The van der Waals surface area contributed by atoms with E-state index in [9.17, 15) is 0 Å². The molecule has 3 rings (SSSR count). The van der Waals surface area contributed by atoms with Gasteiger partial charge >= 0.3 is 0 Å². The molecule has 0 radical (unpaired) electrons. The minimum Gasteiger partial charge on any atom is -0.294 e. The standard InChI is InChI=1S/C11H8ClN3/c1-7-2-3-8-9(4-7)15-6-13-5-10(15)11(12)14-8/h2-6H,1H3. The first kappa shape index (κ1) is 8.68. The van der Waals surface area contributed by atoms with Crippen LogP contribution in [-0.2, 0) is 0 Å². The van der Waals surface area contributed by atoms with Gasteiger partial charge in [0.1, 0.15) is 5.52 Å². The van der Waals surface area contributed by atoms with Crippen LogP contribution in [0.3, 0.4) is 0 Å². The van der Waals surface area contributed by atoms with Crippen molar-refractivity contribution in [3.8, 4) is 0 Å². The third-order valence-electron chi connectivity index (χ3n) is 2.46. The van der Waals surface area contributed by atoms with E-state index in [1.807, 2.05) is 16.5 Å². The summed E-state index contributed by atoms with van der Waals surface area (Å²) < 4.78 is 1.96. The van der Waals surface area contributed by atoms with Gasteiger partial charge in [0.05, 0.1) is 23.6 Å². The predicted octanol–water partition coefficient (Wildman–Crippen LogP) is 2.84. The van der Waals surface area contributed by atoms with Crippen molar-refractivity contribution < 1.29 is 0 Å². The summed E-state index contributed by atoms with van der Waals surface area (Å²) in [5.41, 5.74) is 3.96. The maximum Gasteiger partial charge on any atom is 0.155 e. The lowest BCUT2D eigenvalue weighted by Gasteiger charge is -2.03. The second-order valence-corrected chi connectivity index (χ2v) is 3.90. The summed E-state index contributed by atoms with van der Waals surface area (Å²) in [7, 11) is 0. The maximum atomic E-state index is 6.05. The SMILES string of the molecule is Cc1ccc2nc(Cl)c3cncn3c2c1. The van der Waals surface area contributed by atoms with E-state index in [0.29, 0.717) is 5.15 Å². The summed E-state index contributed by atoms with van der Waals surface area (Å²) in [6, 6.07) is 6.07. The number of imidazole rings is 1. The summed E-state index contributed by atoms with van der Waals surface area (Å²) in [6.07, 6.45) is 3.47. The van der Waals surface area contributed by atoms with Crippen LogP contribution in [0.15, 0.2) is 30.7 Å². The summed E-state index contributed by atoms with van der Waals surface area (Å²) >= 11 is 6.05. The Kier molecular flexibility index (Phi) is 1.70. The molecule has 2 aromatic heterocycles. The number of nitrogens with zero attached hydrogens (tertiary/aromatic N) is 3. The van der Waals surface area contributed by atoms with Crippen LogP contribution in [0, 0.1) is 6.92 Å². The number of rotatable bonds is 0. The van der Waals surface area contributed by atoms with Gasteiger partial charge in [-0.2, -0.15) is 0 Å². The molecule has 0 spiro atoms. The minimum absolute atomic E-state index is 0.490. The van der Waals surface area contributed by atoms with Crippen molar-refractivity contribution in [2.45, 2.75) is 6.92 Å². The highest BCUT2D eigenvalue weighted by Gasteiger charge is 2.06. The first-order chi connectivity index (χ1) is 7.25. The van der Waals surface area contributed by atoms with Crippen LogP contribution < -0.4 is 0 Å². The van der Waals surface area contributed by atoms with Crippen LogP contribution in [0.4, 0.5) is 0 Å². The number of benzene rings is 1. The number of hydrogen-bond acceptors (Lipinski definition) is 2. The second kappa shape index (κ2) is 2.94. The first-order valence-corrected chi connectivity index (χ1v) is 5.01. The van der Waals surface area contributed by atoms with Gasteiger partial charge in [-0.15, -0.1) is 0 Å². The van der Waals surface area contributed by atoms with Crippen LogP contribution in [0.2, 0.25) is 5.15 Å². The molecule has 3 aromatic rings. The molecule has 74 valence electrons. The van der Waals surface area contributed by atoms with Gasteiger partial charge in [0, 0.05) is 0 Å². The topological polar surface area (TPSA) is 30.2 Å². The number of halogens is 1. The van der Waals surface area contributed by atoms with Gasteiger partial charge in [-0.05, 0) is 24.6 Å². The normalized spacial score (nSPS) is 11.3. The monoisotopic (exact) mass is 217 g/mol. The van der Waals surface area contributed by atoms with Crippen LogP contribution in [0.25, 0.3) is 16.6 Å². The molecule has 1 aromatic carbocycles. The molecule has 0 aliphatic rings. The second-order valence-electron chi connectivity index (χ2n) is 3.54. The Hall–Kier alpha value is -1.61. The molecule has 3 nitrogen and oxygen atoms in total. The molecule has 0 amide bonds. The molecule has 0 saturated heterocycles. The zero-order valence-electron chi connectivity index (χ0n) is 8.11. The van der Waals surface area contributed by atoms with Crippen molar-refractivity contribution in [2.24, 2.45) is 0 Å². The van der Waals surface area contributed by atoms with E-state index in [0.717, 1.165) is 16.6 Å². The van der Waals surface area contributed by atoms with Gasteiger partial charge in [-0.3, -0.25) is 4.40 Å². The van der Waals surface area contributed by atoms with Gasteiger partial charge in [0.25, 0.3) is 0 Å². The fourth-order valence-corrected chi connectivity index (χ4v) is 1.95. The van der Waals surface area contributed by atoms with E-state index >= 15 is 0 Å². The number of aryl methyl sites for hydroxylation is 1. The highest BCUT2D eigenvalue weighted by atomic mass is 35.5. The average Bonchev–Trinajstić information content (AvgIpc) is 2.69. The zero-order valence-corrected chi connectivity index (χ0v) is 8.86. The summed E-state index contributed by atoms with van der Waals surface area (Å²) in [4.78, 5) is 8.40. The third kappa shape index (κ3) is 1.20. The number of fused-ring (bicyclic) bond motifs is 3. The Balaban J connectivity index is 2.61. The average molecular weight is 218 g/mol. The van der Waals surface area contributed by atoms with Crippen molar-refractivity contribution in [2.75, 3.05) is 0 Å². The number of hydrogen-bond donors (Lipinski definition) is 0. The van der Waals surface area contributed by atoms with E-state index in [1.165, 1.54) is 5.56 Å². The van der Waals surface area contributed by atoms with E-state index in [1.54, 1.807) is 12.5 Å². The lowest BCUT2D eigenvalue weighted by molar-refractivity contribution is 1.18. The van der Waals surface area contributed by atoms with Crippen molar-refractivity contribution in [3.05, 3.63) is 41.4 Å². The quantitative estimate of drug-likeness (QED) is 0.580. The molecule has 0 aliphatic carbocycles. The fraction of sp³-hybridized carbons (Fsp3) is 0.0909. The molecular weight excluding hydrogens is 210 g/mol. The summed E-state index contributed by atoms with van der Waals surface area (Å²) in [5.74, 6) is 0. The first-order valence-electron chi connectivity index (χ1n) is 4.63. The van der Waals surface area contributed by atoms with Gasteiger partial charge in [-0.1, -0.05) is 17.7 Å². The molecule has 0 fully saturated rings. The van der Waals surface area contributed by atoms with Crippen LogP contribution in [0.1, 0.15) is 5.56 Å². The highest BCUT2D eigenvalue weighted by molar-refractivity contribution is 6.33. The maximum absolute atomic E-state index is 6.05. The molecule has 0 unspecified atom stereocenters. The van der Waals surface area contributed by atoms with Crippen LogP contribution in [0.5, 0.6) is 0 Å². The van der Waals surface area contributed by atoms with Crippen LogP contribution >= 0.6 is 11.6 Å². The van der Waals surface area contributed by atoms with Crippen molar-refractivity contribution >= 4 is 28.2 Å². The van der Waals surface area contributed by atoms with Crippen molar-refractivity contribution in [3.63, 3.8) is 0 Å². The molecule has 0 saturated carbocycles. The Morgan fingerprint density at radius 2 is 2.13 bits per heavy atom. The molecule has 15 heavy (non-hydrogen) atoms. The van der Waals surface area contributed by atoms with E-state index in [-0.39, 0.29) is 0 Å². The largest absolute Gasteiger partial charge is 0.294 e. The smallest absolute Gasteiger partial charge is 0.155 e. The molecule has 4 heteroatoms. The van der Waals surface area contributed by atoms with Gasteiger partial charge in [-0.25, -0.2) is 9.97 Å². The number of aromatic nitrogens is 3. The fourth-order valence-electron chi connectivity index (χ4n) is 1.72. The highest BCUT2D eigenvalue weighted by Crippen LogP contribution is 2.21. The molecule has 2 heterocycles. The van der Waals surface area contributed by atoms with Gasteiger partial charge in [0.15, 0.2) is 5.15 Å². The van der Waals surface area contributed by atoms with E-state index in [4.69, 9.17) is 11.6 Å². The Bertz CT molecular complexity index is 657. The zero-order chi connectivity index (χ0) is 10.4. The van der Waals surface area contributed by atoms with Crippen LogP contribution in [-0.4, -0.2) is 14.4 Å². The van der Waals surface area contributed by atoms with Gasteiger partial charge in [0.2, 0.25) is 0 Å². The molecule has 0 N–H and O–H groups in total. The third-order valence-corrected chi connectivity index (χ3v) is 2.74.